The van der Waals surface area contributed by atoms with E-state index < -0.39 is 11.9 Å². The summed E-state index contributed by atoms with van der Waals surface area (Å²) in [7, 11) is 0. The zero-order valence-corrected chi connectivity index (χ0v) is 30.1. The lowest BCUT2D eigenvalue weighted by Crippen LogP contribution is -2.13. The van der Waals surface area contributed by atoms with E-state index in [0.717, 1.165) is 43.6 Å². The van der Waals surface area contributed by atoms with E-state index in [2.05, 4.69) is 10.6 Å². The van der Waals surface area contributed by atoms with Crippen LogP contribution in [-0.2, 0) is 4.79 Å². The third kappa shape index (κ3) is 8.63. The first kappa shape index (κ1) is 36.8. The molecule has 0 aliphatic carbocycles. The van der Waals surface area contributed by atoms with Gasteiger partial charge in [0, 0.05) is 43.2 Å². The number of carboxylic acid groups (broad SMARTS) is 1. The van der Waals surface area contributed by atoms with Gasteiger partial charge < -0.3 is 26.0 Å². The molecule has 0 saturated heterocycles. The van der Waals surface area contributed by atoms with Gasteiger partial charge in [-0.15, -0.1) is 11.8 Å². The summed E-state index contributed by atoms with van der Waals surface area (Å²) in [5.41, 5.74) is 5.69. The van der Waals surface area contributed by atoms with Crippen molar-refractivity contribution in [1.82, 2.24) is 0 Å². The Kier molecular flexibility index (Phi) is 11.5. The predicted octanol–water partition coefficient (Wildman–Crippen LogP) is 10.0. The average Bonchev–Trinajstić information content (AvgIpc) is 3.10. The van der Waals surface area contributed by atoms with Crippen molar-refractivity contribution in [3.63, 3.8) is 0 Å². The Hall–Kier alpha value is -5.51. The number of carbonyl (C=O) groups excluding carboxylic acids is 2. The van der Waals surface area contributed by atoms with E-state index in [-0.39, 0.29) is 35.0 Å². The van der Waals surface area contributed by atoms with E-state index in [0.29, 0.717) is 27.2 Å². The second kappa shape index (κ2) is 16.0. The van der Waals surface area contributed by atoms with Crippen LogP contribution in [0, 0.1) is 27.7 Å². The highest BCUT2D eigenvalue weighted by atomic mass is 35.5. The number of hydrogen-bond donors (Lipinski definition) is 5. The van der Waals surface area contributed by atoms with Crippen molar-refractivity contribution in [3.05, 3.63) is 135 Å². The molecule has 0 spiro atoms. The zero-order valence-electron chi connectivity index (χ0n) is 28.5. The molecule has 0 aliphatic heterocycles. The van der Waals surface area contributed by atoms with Crippen molar-refractivity contribution >= 4 is 74.1 Å². The Morgan fingerprint density at radius 2 is 1.08 bits per heavy atom. The Balaban J connectivity index is 0.000000201. The summed E-state index contributed by atoms with van der Waals surface area (Å²) in [5.74, 6) is -1.43. The SMILES string of the molecule is Cc1ccc(C)c(NC(=O)c2cc(Cl)c3ccccc3c2O)c1.Cc1ccc(C)c(NC(=O)c2cc(SCCC(=O)O)c3ccccc3c2O)c1. The minimum absolute atomic E-state index is 0.0177. The van der Waals surface area contributed by atoms with Crippen molar-refractivity contribution in [2.45, 2.75) is 39.0 Å². The smallest absolute Gasteiger partial charge is 0.304 e. The van der Waals surface area contributed by atoms with Crippen LogP contribution in [0.5, 0.6) is 11.5 Å². The van der Waals surface area contributed by atoms with E-state index in [1.807, 2.05) is 88.4 Å². The minimum Gasteiger partial charge on any atom is -0.506 e. The molecule has 260 valence electrons. The number of halogens is 1. The fraction of sp³-hybridized carbons (Fsp3) is 0.146. The molecular weight excluding hydrogens is 684 g/mol. The van der Waals surface area contributed by atoms with Gasteiger partial charge in [-0.1, -0.05) is 84.4 Å². The number of aryl methyl sites for hydroxylation is 4. The number of aromatic hydroxyl groups is 2. The maximum Gasteiger partial charge on any atom is 0.304 e. The number of phenolic OH excluding ortho intramolecular Hbond substituents is 2. The standard InChI is InChI=1S/C22H21NO4S.C19H16ClNO2/c1-13-7-8-14(2)18(11-13)23-22(27)17-12-19(28-10-9-20(24)25)15-5-3-4-6-16(15)21(17)26;1-11-7-8-12(2)17(9-11)21-19(23)15-10-16(20)13-5-3-4-6-14(13)18(15)22/h3-8,11-12,26H,9-10H2,1-2H3,(H,23,27)(H,24,25);3-10,22H,1-2H3,(H,21,23). The van der Waals surface area contributed by atoms with Crippen LogP contribution in [0.2, 0.25) is 5.02 Å². The number of rotatable bonds is 8. The number of thioether (sulfide) groups is 1. The van der Waals surface area contributed by atoms with Gasteiger partial charge in [0.1, 0.15) is 11.5 Å². The molecule has 10 heteroatoms. The van der Waals surface area contributed by atoms with Gasteiger partial charge in [0.05, 0.1) is 17.5 Å². The molecule has 6 aromatic carbocycles. The third-order valence-corrected chi connectivity index (χ3v) is 9.66. The fourth-order valence-corrected chi connectivity index (χ4v) is 6.78. The van der Waals surface area contributed by atoms with Gasteiger partial charge in [-0.25, -0.2) is 0 Å². The molecule has 6 rings (SSSR count). The van der Waals surface area contributed by atoms with Gasteiger partial charge in [-0.05, 0) is 79.6 Å². The first-order valence-electron chi connectivity index (χ1n) is 16.1. The minimum atomic E-state index is -0.872. The summed E-state index contributed by atoms with van der Waals surface area (Å²) in [6.45, 7) is 7.73. The number of hydrogen-bond acceptors (Lipinski definition) is 6. The van der Waals surface area contributed by atoms with Gasteiger partial charge in [-0.2, -0.15) is 0 Å². The molecule has 0 aliphatic rings. The lowest BCUT2D eigenvalue weighted by Gasteiger charge is -2.14. The number of benzene rings is 6. The summed E-state index contributed by atoms with van der Waals surface area (Å²) >= 11 is 7.61. The van der Waals surface area contributed by atoms with Crippen LogP contribution in [0.1, 0.15) is 49.4 Å². The topological polar surface area (TPSA) is 136 Å². The van der Waals surface area contributed by atoms with Gasteiger partial charge in [0.25, 0.3) is 11.8 Å². The molecule has 0 bridgehead atoms. The quantitative estimate of drug-likeness (QED) is 0.0988. The van der Waals surface area contributed by atoms with E-state index in [1.54, 1.807) is 30.3 Å². The number of anilines is 2. The lowest BCUT2D eigenvalue weighted by molar-refractivity contribution is -0.136. The Labute approximate surface area is 305 Å². The maximum absolute atomic E-state index is 12.9. The fourth-order valence-electron chi connectivity index (χ4n) is 5.48. The van der Waals surface area contributed by atoms with Crippen molar-refractivity contribution in [2.75, 3.05) is 16.4 Å². The molecule has 6 aromatic rings. The highest BCUT2D eigenvalue weighted by Gasteiger charge is 2.19. The molecule has 0 heterocycles. The predicted molar refractivity (Wildman–Crippen MR) is 207 cm³/mol. The summed E-state index contributed by atoms with van der Waals surface area (Å²) in [4.78, 5) is 37.1. The second-order valence-electron chi connectivity index (χ2n) is 12.2. The molecule has 2 amide bonds. The Bertz CT molecular complexity index is 2310. The number of nitrogens with one attached hydrogen (secondary N) is 2. The molecule has 0 radical (unpaired) electrons. The first-order chi connectivity index (χ1) is 24.3. The third-order valence-electron chi connectivity index (χ3n) is 8.29. The largest absolute Gasteiger partial charge is 0.506 e. The van der Waals surface area contributed by atoms with E-state index >= 15 is 0 Å². The molecule has 0 fully saturated rings. The summed E-state index contributed by atoms with van der Waals surface area (Å²) in [5, 5.41) is 38.8. The van der Waals surface area contributed by atoms with Crippen LogP contribution >= 0.6 is 23.4 Å². The number of fused-ring (bicyclic) bond motifs is 2. The van der Waals surface area contributed by atoms with E-state index in [1.165, 1.54) is 17.8 Å². The highest BCUT2D eigenvalue weighted by Crippen LogP contribution is 2.38. The molecule has 0 saturated carbocycles. The highest BCUT2D eigenvalue weighted by molar-refractivity contribution is 7.99. The van der Waals surface area contributed by atoms with Crippen LogP contribution in [0.4, 0.5) is 11.4 Å². The number of aliphatic carboxylic acids is 1. The first-order valence-corrected chi connectivity index (χ1v) is 17.5. The molecular formula is C41H37ClN2O6S. The van der Waals surface area contributed by atoms with E-state index in [9.17, 15) is 24.6 Å². The maximum atomic E-state index is 12.9. The van der Waals surface area contributed by atoms with Crippen LogP contribution < -0.4 is 10.6 Å². The molecule has 0 unspecified atom stereocenters. The molecule has 5 N–H and O–H groups in total. The van der Waals surface area contributed by atoms with Gasteiger partial charge >= 0.3 is 5.97 Å². The normalized spacial score (nSPS) is 10.8. The summed E-state index contributed by atoms with van der Waals surface area (Å²) in [6, 6.07) is 29.2. The monoisotopic (exact) mass is 720 g/mol. The van der Waals surface area contributed by atoms with Crippen molar-refractivity contribution in [2.24, 2.45) is 0 Å². The summed E-state index contributed by atoms with van der Waals surface area (Å²) in [6.07, 6.45) is 0.0177. The van der Waals surface area contributed by atoms with Gasteiger partial charge in [0.15, 0.2) is 0 Å². The van der Waals surface area contributed by atoms with Gasteiger partial charge in [-0.3, -0.25) is 14.4 Å². The van der Waals surface area contributed by atoms with Crippen molar-refractivity contribution in [3.8, 4) is 11.5 Å². The Morgan fingerprint density at radius 1 is 0.627 bits per heavy atom. The number of phenols is 2. The van der Waals surface area contributed by atoms with Crippen LogP contribution in [0.25, 0.3) is 21.5 Å². The zero-order chi connectivity index (χ0) is 36.8. The molecule has 8 nitrogen and oxygen atoms in total. The van der Waals surface area contributed by atoms with Crippen molar-refractivity contribution in [1.29, 1.82) is 0 Å². The number of carboxylic acids is 1. The summed E-state index contributed by atoms with van der Waals surface area (Å²) < 4.78 is 0. The van der Waals surface area contributed by atoms with Crippen LogP contribution in [0.3, 0.4) is 0 Å². The van der Waals surface area contributed by atoms with E-state index in [4.69, 9.17) is 16.7 Å². The molecule has 51 heavy (non-hydrogen) atoms. The second-order valence-corrected chi connectivity index (χ2v) is 13.7. The van der Waals surface area contributed by atoms with Gasteiger partial charge in [0.2, 0.25) is 0 Å². The lowest BCUT2D eigenvalue weighted by atomic mass is 10.0. The average molecular weight is 721 g/mol. The number of carbonyl (C=O) groups is 3. The molecule has 0 atom stereocenters. The van der Waals surface area contributed by atoms with Crippen molar-refractivity contribution < 1.29 is 29.7 Å². The number of amides is 2. The molecule has 0 aromatic heterocycles. The van der Waals surface area contributed by atoms with Crippen LogP contribution in [-0.4, -0.2) is 38.9 Å². The van der Waals surface area contributed by atoms with Crippen LogP contribution in [0.15, 0.2) is 102 Å². The Morgan fingerprint density at radius 3 is 1.59 bits per heavy atom.